The Balaban J connectivity index is 2.14. The molecule has 0 aromatic heterocycles. The molecule has 1 aliphatic rings. The topological polar surface area (TPSA) is 98.2 Å². The van der Waals surface area contributed by atoms with Gasteiger partial charge in [0.15, 0.2) is 0 Å². The van der Waals surface area contributed by atoms with Crippen LogP contribution in [0, 0.1) is 5.92 Å². The minimum absolute atomic E-state index is 0.137. The van der Waals surface area contributed by atoms with Gasteiger partial charge in [-0.25, -0.2) is 13.6 Å². The Hall–Kier alpha value is -1.11. The van der Waals surface area contributed by atoms with Crippen LogP contribution in [0.3, 0.4) is 0 Å². The minimum Gasteiger partial charge on any atom is -0.382 e. The molecule has 1 saturated carbocycles. The van der Waals surface area contributed by atoms with E-state index >= 15 is 0 Å². The van der Waals surface area contributed by atoms with Crippen LogP contribution >= 0.6 is 0 Å². The third kappa shape index (κ3) is 3.68. The van der Waals surface area contributed by atoms with E-state index in [0.29, 0.717) is 18.5 Å². The molecule has 6 heteroatoms. The van der Waals surface area contributed by atoms with Crippen LogP contribution < -0.4 is 16.2 Å². The molecule has 1 aliphatic carbocycles. The van der Waals surface area contributed by atoms with Crippen LogP contribution in [-0.2, 0) is 10.0 Å². The highest BCUT2D eigenvalue weighted by molar-refractivity contribution is 7.89. The Labute approximate surface area is 114 Å². The Bertz CT molecular complexity index is 530. The van der Waals surface area contributed by atoms with Crippen molar-refractivity contribution in [1.29, 1.82) is 0 Å². The van der Waals surface area contributed by atoms with Gasteiger partial charge in [-0.15, -0.1) is 0 Å². The molecule has 0 amide bonds. The van der Waals surface area contributed by atoms with Crippen LogP contribution in [0.5, 0.6) is 0 Å². The van der Waals surface area contributed by atoms with Crippen LogP contribution in [0.4, 0.5) is 5.69 Å². The van der Waals surface area contributed by atoms with E-state index in [1.54, 1.807) is 12.1 Å². The van der Waals surface area contributed by atoms with Crippen molar-refractivity contribution in [2.24, 2.45) is 16.8 Å². The number of hydrogen-bond acceptors (Lipinski definition) is 4. The summed E-state index contributed by atoms with van der Waals surface area (Å²) in [5, 5.41) is 8.53. The highest BCUT2D eigenvalue weighted by Crippen LogP contribution is 2.27. The molecule has 0 aliphatic heterocycles. The Morgan fingerprint density at radius 1 is 1.26 bits per heavy atom. The maximum absolute atomic E-state index is 11.3. The summed E-state index contributed by atoms with van der Waals surface area (Å²) in [4.78, 5) is 0.137. The zero-order valence-electron chi connectivity index (χ0n) is 10.9. The van der Waals surface area contributed by atoms with Crippen molar-refractivity contribution in [3.8, 4) is 0 Å². The second-order valence-electron chi connectivity index (χ2n) is 5.10. The summed E-state index contributed by atoms with van der Waals surface area (Å²) in [6.45, 7) is 0.659. The van der Waals surface area contributed by atoms with Crippen LogP contribution in [0.1, 0.15) is 25.7 Å². The van der Waals surface area contributed by atoms with Crippen LogP contribution in [0.25, 0.3) is 0 Å². The zero-order chi connectivity index (χ0) is 13.9. The standard InChI is InChI=1S/C13H21N3O2S/c14-9-10-4-1-2-7-13(10)16-11-5-3-6-12(8-11)19(15,17)18/h3,5-6,8,10,13,16H,1-2,4,7,9,14H2,(H2,15,17,18). The summed E-state index contributed by atoms with van der Waals surface area (Å²) in [7, 11) is -3.65. The summed E-state index contributed by atoms with van der Waals surface area (Å²) in [5.41, 5.74) is 6.58. The Morgan fingerprint density at radius 3 is 2.68 bits per heavy atom. The van der Waals surface area contributed by atoms with Gasteiger partial charge in [0, 0.05) is 11.7 Å². The van der Waals surface area contributed by atoms with E-state index in [1.807, 2.05) is 6.07 Å². The summed E-state index contributed by atoms with van der Waals surface area (Å²) in [6.07, 6.45) is 4.60. The molecule has 5 nitrogen and oxygen atoms in total. The summed E-state index contributed by atoms with van der Waals surface area (Å²) in [6, 6.07) is 6.95. The molecule has 2 unspecified atom stereocenters. The number of nitrogens with one attached hydrogen (secondary N) is 1. The lowest BCUT2D eigenvalue weighted by molar-refractivity contribution is 0.332. The van der Waals surface area contributed by atoms with Crippen LogP contribution in [-0.4, -0.2) is 21.0 Å². The fraction of sp³-hybridized carbons (Fsp3) is 0.538. The van der Waals surface area contributed by atoms with Gasteiger partial charge in [-0.3, -0.25) is 0 Å². The second kappa shape index (κ2) is 5.90. The first-order valence-corrected chi connectivity index (χ1v) is 8.15. The van der Waals surface area contributed by atoms with Gasteiger partial charge in [0.2, 0.25) is 10.0 Å². The highest BCUT2D eigenvalue weighted by atomic mass is 32.2. The van der Waals surface area contributed by atoms with Gasteiger partial charge in [0.1, 0.15) is 0 Å². The van der Waals surface area contributed by atoms with Crippen LogP contribution in [0.2, 0.25) is 0 Å². The lowest BCUT2D eigenvalue weighted by Gasteiger charge is -2.32. The van der Waals surface area contributed by atoms with Crippen molar-refractivity contribution in [2.45, 2.75) is 36.6 Å². The first-order chi connectivity index (χ1) is 9.00. The molecule has 1 fully saturated rings. The van der Waals surface area contributed by atoms with Gasteiger partial charge in [0.25, 0.3) is 0 Å². The van der Waals surface area contributed by atoms with Gasteiger partial charge < -0.3 is 11.1 Å². The van der Waals surface area contributed by atoms with E-state index in [0.717, 1.165) is 18.5 Å². The average Bonchev–Trinajstić information content (AvgIpc) is 2.39. The molecule has 1 aromatic rings. The fourth-order valence-electron chi connectivity index (χ4n) is 2.66. The van der Waals surface area contributed by atoms with Crippen molar-refractivity contribution in [2.75, 3.05) is 11.9 Å². The zero-order valence-corrected chi connectivity index (χ0v) is 11.7. The molecule has 2 atom stereocenters. The summed E-state index contributed by atoms with van der Waals surface area (Å²) < 4.78 is 22.7. The SMILES string of the molecule is NCC1CCCCC1Nc1cccc(S(N)(=O)=O)c1. The molecule has 106 valence electrons. The van der Waals surface area contributed by atoms with Gasteiger partial charge in [-0.1, -0.05) is 18.9 Å². The number of benzene rings is 1. The predicted octanol–water partition coefficient (Wildman–Crippen LogP) is 1.26. The number of primary sulfonamides is 1. The van der Waals surface area contributed by atoms with E-state index in [9.17, 15) is 8.42 Å². The largest absolute Gasteiger partial charge is 0.382 e. The highest BCUT2D eigenvalue weighted by Gasteiger charge is 2.23. The predicted molar refractivity (Wildman–Crippen MR) is 76.2 cm³/mol. The molecule has 0 radical (unpaired) electrons. The smallest absolute Gasteiger partial charge is 0.238 e. The number of anilines is 1. The van der Waals surface area contributed by atoms with Gasteiger partial charge in [0.05, 0.1) is 4.90 Å². The lowest BCUT2D eigenvalue weighted by atomic mass is 9.84. The molecular weight excluding hydrogens is 262 g/mol. The van der Waals surface area contributed by atoms with Gasteiger partial charge >= 0.3 is 0 Å². The molecule has 5 N–H and O–H groups in total. The van der Waals surface area contributed by atoms with Crippen molar-refractivity contribution >= 4 is 15.7 Å². The third-order valence-corrected chi connectivity index (χ3v) is 4.64. The fourth-order valence-corrected chi connectivity index (χ4v) is 3.22. The first-order valence-electron chi connectivity index (χ1n) is 6.60. The van der Waals surface area contributed by atoms with E-state index in [2.05, 4.69) is 5.32 Å². The molecule has 0 spiro atoms. The van der Waals surface area contributed by atoms with E-state index in [1.165, 1.54) is 18.9 Å². The van der Waals surface area contributed by atoms with Crippen molar-refractivity contribution in [1.82, 2.24) is 0 Å². The molecule has 19 heavy (non-hydrogen) atoms. The number of nitrogens with two attached hydrogens (primary N) is 2. The third-order valence-electron chi connectivity index (χ3n) is 3.73. The lowest BCUT2D eigenvalue weighted by Crippen LogP contribution is -2.36. The Kier molecular flexibility index (Phi) is 4.44. The van der Waals surface area contributed by atoms with Crippen molar-refractivity contribution in [3.63, 3.8) is 0 Å². The first kappa shape index (κ1) is 14.3. The van der Waals surface area contributed by atoms with Crippen molar-refractivity contribution < 1.29 is 8.42 Å². The average molecular weight is 283 g/mol. The van der Waals surface area contributed by atoms with E-state index in [4.69, 9.17) is 10.9 Å². The van der Waals surface area contributed by atoms with E-state index in [-0.39, 0.29) is 4.90 Å². The summed E-state index contributed by atoms with van der Waals surface area (Å²) >= 11 is 0. The quantitative estimate of drug-likeness (QED) is 0.775. The monoisotopic (exact) mass is 283 g/mol. The maximum atomic E-state index is 11.3. The van der Waals surface area contributed by atoms with E-state index < -0.39 is 10.0 Å². The molecule has 0 heterocycles. The summed E-state index contributed by atoms with van der Waals surface area (Å²) in [5.74, 6) is 0.451. The Morgan fingerprint density at radius 2 is 2.00 bits per heavy atom. The normalized spacial score (nSPS) is 24.1. The number of rotatable bonds is 4. The van der Waals surface area contributed by atoms with Gasteiger partial charge in [-0.2, -0.15) is 0 Å². The molecule has 2 rings (SSSR count). The molecule has 0 bridgehead atoms. The maximum Gasteiger partial charge on any atom is 0.238 e. The number of sulfonamides is 1. The van der Waals surface area contributed by atoms with Gasteiger partial charge in [-0.05, 0) is 43.5 Å². The number of hydrogen-bond donors (Lipinski definition) is 3. The second-order valence-corrected chi connectivity index (χ2v) is 6.67. The minimum atomic E-state index is -3.65. The van der Waals surface area contributed by atoms with Crippen LogP contribution in [0.15, 0.2) is 29.2 Å². The van der Waals surface area contributed by atoms with Crippen molar-refractivity contribution in [3.05, 3.63) is 24.3 Å². The molecule has 1 aromatic carbocycles. The molecule has 0 saturated heterocycles. The molecular formula is C13H21N3O2S.